The molecule has 2 aliphatic rings. The second kappa shape index (κ2) is 6.96. The standard InChI is InChI=1S/C12H21N3OS2/c1-3-16-7-8-17-12(10-13-18-14-12)11-5-4-6-15(2)9-11/h5,10,14H,3-4,6-9H2,1-2H3. The maximum absolute atomic E-state index is 5.42. The number of hydrogen-bond acceptors (Lipinski definition) is 6. The highest BCUT2D eigenvalue weighted by Gasteiger charge is 2.37. The van der Waals surface area contributed by atoms with E-state index in [1.807, 2.05) is 24.9 Å². The predicted octanol–water partition coefficient (Wildman–Crippen LogP) is 1.95. The molecule has 2 aliphatic heterocycles. The third-order valence-electron chi connectivity index (χ3n) is 3.06. The fraction of sp³-hybridized carbons (Fsp3) is 0.750. The molecule has 6 heteroatoms. The zero-order chi connectivity index (χ0) is 12.8. The minimum absolute atomic E-state index is 0.129. The highest BCUT2D eigenvalue weighted by Crippen LogP contribution is 2.36. The number of ether oxygens (including phenoxy) is 1. The number of nitrogens with zero attached hydrogens (tertiary/aromatic N) is 2. The van der Waals surface area contributed by atoms with Gasteiger partial charge in [0.25, 0.3) is 0 Å². The summed E-state index contributed by atoms with van der Waals surface area (Å²) >= 11 is 3.32. The van der Waals surface area contributed by atoms with E-state index in [0.29, 0.717) is 0 Å². The minimum Gasteiger partial charge on any atom is -0.381 e. The molecule has 1 atom stereocenters. The average molecular weight is 287 g/mol. The maximum Gasteiger partial charge on any atom is 0.134 e. The summed E-state index contributed by atoms with van der Waals surface area (Å²) in [7, 11) is 2.17. The molecular weight excluding hydrogens is 266 g/mol. The molecular formula is C12H21N3OS2. The fourth-order valence-corrected chi connectivity index (χ4v) is 4.08. The van der Waals surface area contributed by atoms with Gasteiger partial charge in [-0.25, -0.2) is 9.12 Å². The molecule has 1 N–H and O–H groups in total. The van der Waals surface area contributed by atoms with Crippen molar-refractivity contribution in [1.82, 2.24) is 9.62 Å². The van der Waals surface area contributed by atoms with Gasteiger partial charge in [0.05, 0.1) is 18.7 Å². The lowest BCUT2D eigenvalue weighted by Crippen LogP contribution is -2.44. The van der Waals surface area contributed by atoms with Crippen LogP contribution in [0.3, 0.4) is 0 Å². The Balaban J connectivity index is 1.98. The van der Waals surface area contributed by atoms with Gasteiger partial charge in [-0.05, 0) is 26.0 Å². The first kappa shape index (κ1) is 14.4. The van der Waals surface area contributed by atoms with E-state index in [-0.39, 0.29) is 4.87 Å². The average Bonchev–Trinajstić information content (AvgIpc) is 2.85. The molecule has 0 spiro atoms. The van der Waals surface area contributed by atoms with Gasteiger partial charge in [0.15, 0.2) is 0 Å². The first-order chi connectivity index (χ1) is 8.77. The van der Waals surface area contributed by atoms with Crippen molar-refractivity contribution in [3.05, 3.63) is 11.6 Å². The van der Waals surface area contributed by atoms with Crippen LogP contribution in [0.5, 0.6) is 0 Å². The summed E-state index contributed by atoms with van der Waals surface area (Å²) in [6.07, 6.45) is 5.53. The van der Waals surface area contributed by atoms with Crippen molar-refractivity contribution < 1.29 is 4.74 Å². The topological polar surface area (TPSA) is 36.9 Å². The Morgan fingerprint density at radius 2 is 2.56 bits per heavy atom. The Morgan fingerprint density at radius 3 is 3.22 bits per heavy atom. The van der Waals surface area contributed by atoms with Gasteiger partial charge in [-0.3, -0.25) is 0 Å². The Hall–Kier alpha value is -0.0100. The smallest absolute Gasteiger partial charge is 0.134 e. The first-order valence-electron chi connectivity index (χ1n) is 6.34. The summed E-state index contributed by atoms with van der Waals surface area (Å²) in [4.78, 5) is 2.23. The molecule has 0 aromatic carbocycles. The SMILES string of the molecule is CCOCCSC1(C2=CCCN(C)C2)C=NSN1. The summed E-state index contributed by atoms with van der Waals surface area (Å²) < 4.78 is 13.2. The fourth-order valence-electron chi connectivity index (χ4n) is 2.10. The number of thioether (sulfide) groups is 1. The lowest BCUT2D eigenvalue weighted by Gasteiger charge is -2.34. The van der Waals surface area contributed by atoms with E-state index in [4.69, 9.17) is 4.74 Å². The van der Waals surface area contributed by atoms with Gasteiger partial charge >= 0.3 is 0 Å². The Labute approximate surface area is 118 Å². The third-order valence-corrected chi connectivity index (χ3v) is 5.11. The van der Waals surface area contributed by atoms with Gasteiger partial charge in [-0.1, -0.05) is 6.08 Å². The molecule has 0 aromatic rings. The molecule has 0 bridgehead atoms. The van der Waals surface area contributed by atoms with Crippen molar-refractivity contribution >= 4 is 30.1 Å². The number of likely N-dealkylation sites (N-methyl/N-ethyl adjacent to an activating group) is 1. The van der Waals surface area contributed by atoms with Gasteiger partial charge in [0.2, 0.25) is 0 Å². The van der Waals surface area contributed by atoms with Crippen LogP contribution in [-0.2, 0) is 4.74 Å². The first-order valence-corrected chi connectivity index (χ1v) is 8.10. The lowest BCUT2D eigenvalue weighted by atomic mass is 10.0. The van der Waals surface area contributed by atoms with Crippen molar-refractivity contribution in [2.45, 2.75) is 18.2 Å². The number of nitrogens with one attached hydrogen (secondary N) is 1. The third kappa shape index (κ3) is 3.51. The van der Waals surface area contributed by atoms with Crippen LogP contribution in [0.1, 0.15) is 13.3 Å². The van der Waals surface area contributed by atoms with Crippen molar-refractivity contribution in [2.75, 3.05) is 39.1 Å². The molecule has 0 radical (unpaired) electrons. The highest BCUT2D eigenvalue weighted by molar-refractivity contribution is 8.04. The molecule has 102 valence electrons. The van der Waals surface area contributed by atoms with Gasteiger partial charge in [0.1, 0.15) is 4.87 Å². The summed E-state index contributed by atoms with van der Waals surface area (Å²) in [6, 6.07) is 0. The molecule has 0 fully saturated rings. The van der Waals surface area contributed by atoms with E-state index in [1.165, 1.54) is 17.7 Å². The van der Waals surface area contributed by atoms with E-state index in [9.17, 15) is 0 Å². The quantitative estimate of drug-likeness (QED) is 0.459. The second-order valence-electron chi connectivity index (χ2n) is 4.46. The van der Waals surface area contributed by atoms with Crippen molar-refractivity contribution in [1.29, 1.82) is 0 Å². The molecule has 0 aromatic heterocycles. The Bertz CT molecular complexity index is 335. The summed E-state index contributed by atoms with van der Waals surface area (Å²) in [5.41, 5.74) is 1.42. The number of hydrogen-bond donors (Lipinski definition) is 1. The van der Waals surface area contributed by atoms with Crippen molar-refractivity contribution in [3.8, 4) is 0 Å². The van der Waals surface area contributed by atoms with Crippen molar-refractivity contribution in [3.63, 3.8) is 0 Å². The largest absolute Gasteiger partial charge is 0.381 e. The van der Waals surface area contributed by atoms with Gasteiger partial charge < -0.3 is 9.64 Å². The van der Waals surface area contributed by atoms with E-state index >= 15 is 0 Å². The molecule has 2 heterocycles. The Kier molecular flexibility index (Phi) is 5.56. The van der Waals surface area contributed by atoms with E-state index in [0.717, 1.165) is 38.5 Å². The van der Waals surface area contributed by atoms with Crippen LogP contribution < -0.4 is 4.72 Å². The second-order valence-corrected chi connectivity index (χ2v) is 6.40. The van der Waals surface area contributed by atoms with E-state index in [1.54, 1.807) is 0 Å². The molecule has 1 unspecified atom stereocenters. The monoisotopic (exact) mass is 287 g/mol. The molecule has 0 saturated carbocycles. The predicted molar refractivity (Wildman–Crippen MR) is 81.1 cm³/mol. The molecule has 4 nitrogen and oxygen atoms in total. The molecule has 0 amide bonds. The van der Waals surface area contributed by atoms with E-state index in [2.05, 4.69) is 27.1 Å². The normalized spacial score (nSPS) is 28.7. The van der Waals surface area contributed by atoms with Crippen LogP contribution in [0.4, 0.5) is 0 Å². The van der Waals surface area contributed by atoms with Crippen molar-refractivity contribution in [2.24, 2.45) is 4.40 Å². The van der Waals surface area contributed by atoms with Crippen LogP contribution in [0.15, 0.2) is 16.0 Å². The summed E-state index contributed by atoms with van der Waals surface area (Å²) in [5.74, 6) is 0.981. The van der Waals surface area contributed by atoms with Crippen LogP contribution in [-0.4, -0.2) is 55.1 Å². The molecule has 0 aliphatic carbocycles. The Morgan fingerprint density at radius 1 is 1.67 bits per heavy atom. The van der Waals surface area contributed by atoms with Gasteiger partial charge in [0, 0.05) is 31.7 Å². The lowest BCUT2D eigenvalue weighted by molar-refractivity contribution is 0.164. The molecule has 18 heavy (non-hydrogen) atoms. The highest BCUT2D eigenvalue weighted by atomic mass is 32.2. The molecule has 2 rings (SSSR count). The zero-order valence-corrected chi connectivity index (χ0v) is 12.6. The summed E-state index contributed by atoms with van der Waals surface area (Å²) in [6.45, 7) is 5.78. The summed E-state index contributed by atoms with van der Waals surface area (Å²) in [5, 5.41) is 0. The van der Waals surface area contributed by atoms with Crippen LogP contribution in [0.2, 0.25) is 0 Å². The van der Waals surface area contributed by atoms with Crippen LogP contribution >= 0.6 is 23.9 Å². The molecule has 0 saturated heterocycles. The number of rotatable bonds is 6. The minimum atomic E-state index is -0.129. The van der Waals surface area contributed by atoms with E-state index < -0.39 is 0 Å². The van der Waals surface area contributed by atoms with Gasteiger partial charge in [-0.15, -0.1) is 11.8 Å². The van der Waals surface area contributed by atoms with Crippen LogP contribution in [0, 0.1) is 0 Å². The maximum atomic E-state index is 5.42. The van der Waals surface area contributed by atoms with Crippen LogP contribution in [0.25, 0.3) is 0 Å². The van der Waals surface area contributed by atoms with Gasteiger partial charge in [-0.2, -0.15) is 0 Å². The zero-order valence-electron chi connectivity index (χ0n) is 11.0.